The second-order valence-electron chi connectivity index (χ2n) is 8.09. The molecule has 0 saturated carbocycles. The highest BCUT2D eigenvalue weighted by atomic mass is 16.5. The first-order valence-corrected chi connectivity index (χ1v) is 11.2. The fourth-order valence-electron chi connectivity index (χ4n) is 4.18. The van der Waals surface area contributed by atoms with Crippen molar-refractivity contribution in [2.24, 2.45) is 0 Å². The van der Waals surface area contributed by atoms with Crippen molar-refractivity contribution in [2.75, 3.05) is 49.6 Å². The lowest BCUT2D eigenvalue weighted by molar-refractivity contribution is 0.0983. The number of likely N-dealkylation sites (N-methyl/N-ethyl adjacent to an activating group) is 1. The number of carbonyl (C=O) groups is 1. The number of urea groups is 1. The fourth-order valence-corrected chi connectivity index (χ4v) is 4.18. The van der Waals surface area contributed by atoms with Crippen LogP contribution in [0.1, 0.15) is 32.0 Å². The summed E-state index contributed by atoms with van der Waals surface area (Å²) in [4.78, 5) is 26.6. The van der Waals surface area contributed by atoms with Crippen molar-refractivity contribution in [1.29, 1.82) is 0 Å². The molecular formula is C23H32N6O2. The predicted octanol–water partition coefficient (Wildman–Crippen LogP) is 2.89. The molecule has 1 aromatic carbocycles. The van der Waals surface area contributed by atoms with Gasteiger partial charge >= 0.3 is 6.03 Å². The number of carbonyl (C=O) groups excluding carboxylic acids is 1. The van der Waals surface area contributed by atoms with Gasteiger partial charge in [0.1, 0.15) is 5.82 Å². The molecule has 2 aliphatic heterocycles. The SMILES string of the molecule is CCNC(=O)Nc1ccc(-c2nc3c(c(N4CCOC[C@@H]4C)n2)CCN(CC)C3)cc1. The standard InChI is InChI=1S/C23H32N6O2/c1-4-24-23(30)25-18-8-6-17(7-9-18)21-26-20-14-28(5-2)11-10-19(20)22(27-21)29-12-13-31-15-16(29)3/h6-9,16H,4-5,10-15H2,1-3H3,(H2,24,25,30)/t16-/m0/s1. The summed E-state index contributed by atoms with van der Waals surface area (Å²) in [6, 6.07) is 7.80. The van der Waals surface area contributed by atoms with E-state index in [9.17, 15) is 4.79 Å². The average molecular weight is 425 g/mol. The second-order valence-corrected chi connectivity index (χ2v) is 8.09. The Hall–Kier alpha value is -2.71. The van der Waals surface area contributed by atoms with Crippen molar-refractivity contribution < 1.29 is 9.53 Å². The van der Waals surface area contributed by atoms with E-state index < -0.39 is 0 Å². The molecule has 2 N–H and O–H groups in total. The Kier molecular flexibility index (Phi) is 6.67. The molecule has 166 valence electrons. The Bertz CT molecular complexity index is 917. The zero-order chi connectivity index (χ0) is 21.8. The van der Waals surface area contributed by atoms with E-state index in [0.717, 1.165) is 74.4 Å². The maximum atomic E-state index is 11.8. The maximum Gasteiger partial charge on any atom is 0.319 e. The Morgan fingerprint density at radius 3 is 2.71 bits per heavy atom. The zero-order valence-electron chi connectivity index (χ0n) is 18.6. The highest BCUT2D eigenvalue weighted by molar-refractivity contribution is 5.89. The molecule has 0 spiro atoms. The van der Waals surface area contributed by atoms with Gasteiger partial charge in [0.25, 0.3) is 0 Å². The van der Waals surface area contributed by atoms with Gasteiger partial charge in [-0.2, -0.15) is 0 Å². The van der Waals surface area contributed by atoms with Crippen LogP contribution in [-0.2, 0) is 17.7 Å². The fraction of sp³-hybridized carbons (Fsp3) is 0.522. The molecule has 8 nitrogen and oxygen atoms in total. The third kappa shape index (κ3) is 4.80. The lowest BCUT2D eigenvalue weighted by atomic mass is 10.0. The first kappa shape index (κ1) is 21.5. The van der Waals surface area contributed by atoms with Crippen molar-refractivity contribution >= 4 is 17.5 Å². The molecule has 0 aliphatic carbocycles. The molecular weight excluding hydrogens is 392 g/mol. The monoisotopic (exact) mass is 424 g/mol. The number of morpholine rings is 1. The second kappa shape index (κ2) is 9.62. The highest BCUT2D eigenvalue weighted by Gasteiger charge is 2.28. The summed E-state index contributed by atoms with van der Waals surface area (Å²) in [7, 11) is 0. The van der Waals surface area contributed by atoms with Crippen LogP contribution in [0.2, 0.25) is 0 Å². The molecule has 0 bridgehead atoms. The number of ether oxygens (including phenoxy) is 1. The molecule has 4 rings (SSSR count). The van der Waals surface area contributed by atoms with E-state index in [1.807, 2.05) is 31.2 Å². The van der Waals surface area contributed by atoms with Gasteiger partial charge in [-0.15, -0.1) is 0 Å². The van der Waals surface area contributed by atoms with Crippen LogP contribution in [0, 0.1) is 0 Å². The third-order valence-electron chi connectivity index (χ3n) is 5.95. The maximum absolute atomic E-state index is 11.8. The summed E-state index contributed by atoms with van der Waals surface area (Å²) in [5, 5.41) is 5.57. The van der Waals surface area contributed by atoms with E-state index in [-0.39, 0.29) is 12.1 Å². The highest BCUT2D eigenvalue weighted by Crippen LogP contribution is 2.31. The molecule has 31 heavy (non-hydrogen) atoms. The van der Waals surface area contributed by atoms with E-state index >= 15 is 0 Å². The Labute approximate surface area is 184 Å². The van der Waals surface area contributed by atoms with Crippen LogP contribution in [0.15, 0.2) is 24.3 Å². The Morgan fingerprint density at radius 2 is 2.00 bits per heavy atom. The minimum atomic E-state index is -0.205. The number of amides is 2. The minimum absolute atomic E-state index is 0.205. The molecule has 3 heterocycles. The molecule has 1 fully saturated rings. The van der Waals surface area contributed by atoms with Gasteiger partial charge in [-0.05, 0) is 51.1 Å². The molecule has 2 aromatic rings. The van der Waals surface area contributed by atoms with E-state index in [4.69, 9.17) is 14.7 Å². The Balaban J connectivity index is 1.67. The van der Waals surface area contributed by atoms with Crippen molar-refractivity contribution in [3.63, 3.8) is 0 Å². The van der Waals surface area contributed by atoms with Gasteiger partial charge in [0.2, 0.25) is 0 Å². The van der Waals surface area contributed by atoms with Crippen LogP contribution in [0.5, 0.6) is 0 Å². The first-order chi connectivity index (χ1) is 15.1. The van der Waals surface area contributed by atoms with Crippen LogP contribution in [0.25, 0.3) is 11.4 Å². The number of fused-ring (bicyclic) bond motifs is 1. The van der Waals surface area contributed by atoms with E-state index in [2.05, 4.69) is 34.3 Å². The number of nitrogens with one attached hydrogen (secondary N) is 2. The van der Waals surface area contributed by atoms with Crippen LogP contribution >= 0.6 is 0 Å². The van der Waals surface area contributed by atoms with Gasteiger partial charge in [-0.3, -0.25) is 4.90 Å². The van der Waals surface area contributed by atoms with Gasteiger partial charge in [-0.25, -0.2) is 14.8 Å². The quantitative estimate of drug-likeness (QED) is 0.768. The smallest absolute Gasteiger partial charge is 0.319 e. The van der Waals surface area contributed by atoms with Gasteiger partial charge < -0.3 is 20.3 Å². The van der Waals surface area contributed by atoms with Crippen LogP contribution in [-0.4, -0.2) is 66.3 Å². The van der Waals surface area contributed by atoms with E-state index in [1.165, 1.54) is 5.56 Å². The van der Waals surface area contributed by atoms with E-state index in [0.29, 0.717) is 6.54 Å². The van der Waals surface area contributed by atoms with Crippen LogP contribution in [0.4, 0.5) is 16.3 Å². The molecule has 8 heteroatoms. The van der Waals surface area contributed by atoms with Gasteiger partial charge in [0, 0.05) is 43.0 Å². The van der Waals surface area contributed by atoms with Crippen molar-refractivity contribution in [1.82, 2.24) is 20.2 Å². The lowest BCUT2D eigenvalue weighted by Crippen LogP contribution is -2.45. The number of hydrogen-bond acceptors (Lipinski definition) is 6. The lowest BCUT2D eigenvalue weighted by Gasteiger charge is -2.37. The minimum Gasteiger partial charge on any atom is -0.377 e. The van der Waals surface area contributed by atoms with Gasteiger partial charge in [-0.1, -0.05) is 6.92 Å². The number of anilines is 2. The normalized spacial score (nSPS) is 19.1. The van der Waals surface area contributed by atoms with E-state index in [1.54, 1.807) is 0 Å². The number of nitrogens with zero attached hydrogens (tertiary/aromatic N) is 4. The largest absolute Gasteiger partial charge is 0.377 e. The summed E-state index contributed by atoms with van der Waals surface area (Å²) >= 11 is 0. The summed E-state index contributed by atoms with van der Waals surface area (Å²) in [6.45, 7) is 12.1. The number of hydrogen-bond donors (Lipinski definition) is 2. The Morgan fingerprint density at radius 1 is 1.19 bits per heavy atom. The summed E-state index contributed by atoms with van der Waals surface area (Å²) in [5.41, 5.74) is 4.08. The van der Waals surface area contributed by atoms with Crippen molar-refractivity contribution in [3.05, 3.63) is 35.5 Å². The summed E-state index contributed by atoms with van der Waals surface area (Å²) < 4.78 is 5.66. The van der Waals surface area contributed by atoms with Crippen LogP contribution < -0.4 is 15.5 Å². The molecule has 1 saturated heterocycles. The van der Waals surface area contributed by atoms with Crippen LogP contribution in [0.3, 0.4) is 0 Å². The summed E-state index contributed by atoms with van der Waals surface area (Å²) in [6.07, 6.45) is 0.970. The number of benzene rings is 1. The molecule has 1 atom stereocenters. The molecule has 2 aliphatic rings. The molecule has 2 amide bonds. The topological polar surface area (TPSA) is 82.6 Å². The van der Waals surface area contributed by atoms with Crippen molar-refractivity contribution in [2.45, 2.75) is 39.8 Å². The molecule has 0 radical (unpaired) electrons. The summed E-state index contributed by atoms with van der Waals surface area (Å²) in [5.74, 6) is 1.78. The third-order valence-corrected chi connectivity index (χ3v) is 5.95. The molecule has 1 aromatic heterocycles. The molecule has 0 unspecified atom stereocenters. The van der Waals surface area contributed by atoms with Gasteiger partial charge in [0.05, 0.1) is 24.9 Å². The predicted molar refractivity (Wildman–Crippen MR) is 122 cm³/mol. The number of rotatable bonds is 5. The van der Waals surface area contributed by atoms with Crippen molar-refractivity contribution in [3.8, 4) is 11.4 Å². The first-order valence-electron chi connectivity index (χ1n) is 11.2. The number of aromatic nitrogens is 2. The average Bonchev–Trinajstić information content (AvgIpc) is 2.79. The van der Waals surface area contributed by atoms with Gasteiger partial charge in [0.15, 0.2) is 5.82 Å². The zero-order valence-corrected chi connectivity index (χ0v) is 18.6.